The summed E-state index contributed by atoms with van der Waals surface area (Å²) < 4.78 is 0. The third kappa shape index (κ3) is 4.63. The van der Waals surface area contributed by atoms with Gasteiger partial charge in [-0.25, -0.2) is 0 Å². The third-order valence-electron chi connectivity index (χ3n) is 2.55. The fraction of sp³-hybridized carbons (Fsp3) is 0.643. The highest BCUT2D eigenvalue weighted by Gasteiger charge is 2.11. The summed E-state index contributed by atoms with van der Waals surface area (Å²) in [6, 6.07) is 2.16. The summed E-state index contributed by atoms with van der Waals surface area (Å²) in [4.78, 5) is 6.71. The summed E-state index contributed by atoms with van der Waals surface area (Å²) in [6.07, 6.45) is 3.80. The minimum absolute atomic E-state index is 0.659. The molecule has 0 radical (unpaired) electrons. The van der Waals surface area contributed by atoms with E-state index in [0.29, 0.717) is 11.8 Å². The molecule has 0 aliphatic rings. The molecule has 0 aliphatic heterocycles. The van der Waals surface area contributed by atoms with E-state index in [1.807, 2.05) is 19.4 Å². The van der Waals surface area contributed by atoms with E-state index in [0.717, 1.165) is 18.8 Å². The highest BCUT2D eigenvalue weighted by molar-refractivity contribution is 5.55. The van der Waals surface area contributed by atoms with Crippen LogP contribution in [0.5, 0.6) is 0 Å². The first-order valence-electron chi connectivity index (χ1n) is 6.40. The van der Waals surface area contributed by atoms with E-state index in [4.69, 9.17) is 0 Å². The van der Waals surface area contributed by atoms with Crippen LogP contribution >= 0.6 is 0 Å². The smallest absolute Gasteiger partial charge is 0.0573 e. The molecule has 0 aliphatic carbocycles. The van der Waals surface area contributed by atoms with Crippen molar-refractivity contribution in [3.63, 3.8) is 0 Å². The predicted octanol–water partition coefficient (Wildman–Crippen LogP) is 3.24. The van der Waals surface area contributed by atoms with Crippen molar-refractivity contribution in [1.29, 1.82) is 0 Å². The van der Waals surface area contributed by atoms with Gasteiger partial charge in [0.1, 0.15) is 0 Å². The van der Waals surface area contributed by atoms with Crippen molar-refractivity contribution in [3.05, 3.63) is 18.5 Å². The number of aromatic nitrogens is 1. The van der Waals surface area contributed by atoms with Crippen molar-refractivity contribution < 1.29 is 0 Å². The molecule has 1 aromatic rings. The molecule has 1 heterocycles. The zero-order chi connectivity index (χ0) is 12.8. The number of rotatable bonds is 6. The zero-order valence-corrected chi connectivity index (χ0v) is 11.7. The van der Waals surface area contributed by atoms with E-state index < -0.39 is 0 Å². The van der Waals surface area contributed by atoms with Gasteiger partial charge in [0, 0.05) is 20.1 Å². The molecule has 96 valence electrons. The Hall–Kier alpha value is -1.25. The van der Waals surface area contributed by atoms with Gasteiger partial charge >= 0.3 is 0 Å². The van der Waals surface area contributed by atoms with Crippen molar-refractivity contribution in [2.45, 2.75) is 27.7 Å². The summed E-state index contributed by atoms with van der Waals surface area (Å²) in [6.45, 7) is 11.2. The molecule has 1 aromatic heterocycles. The second-order valence-corrected chi connectivity index (χ2v) is 5.37. The van der Waals surface area contributed by atoms with Crippen LogP contribution in [-0.4, -0.2) is 25.1 Å². The second kappa shape index (κ2) is 6.48. The lowest BCUT2D eigenvalue weighted by Gasteiger charge is -2.28. The molecule has 0 aromatic carbocycles. The molecule has 0 saturated carbocycles. The fourth-order valence-corrected chi connectivity index (χ4v) is 1.90. The van der Waals surface area contributed by atoms with Crippen LogP contribution in [0.1, 0.15) is 27.7 Å². The molecule has 3 heteroatoms. The van der Waals surface area contributed by atoms with E-state index in [1.165, 1.54) is 5.69 Å². The van der Waals surface area contributed by atoms with Crippen LogP contribution in [0.2, 0.25) is 0 Å². The Kier molecular flexibility index (Phi) is 5.26. The monoisotopic (exact) mass is 235 g/mol. The molecule has 1 rings (SSSR count). The van der Waals surface area contributed by atoms with E-state index in [9.17, 15) is 0 Å². The maximum Gasteiger partial charge on any atom is 0.0573 e. The number of nitrogens with zero attached hydrogens (tertiary/aromatic N) is 2. The summed E-state index contributed by atoms with van der Waals surface area (Å²) >= 11 is 0. The largest absolute Gasteiger partial charge is 0.387 e. The number of hydrogen-bond donors (Lipinski definition) is 1. The number of anilines is 2. The summed E-state index contributed by atoms with van der Waals surface area (Å²) in [7, 11) is 1.93. The van der Waals surface area contributed by atoms with Crippen LogP contribution in [-0.2, 0) is 0 Å². The Morgan fingerprint density at radius 2 is 1.71 bits per heavy atom. The van der Waals surface area contributed by atoms with Gasteiger partial charge in [-0.2, -0.15) is 0 Å². The van der Waals surface area contributed by atoms with Crippen LogP contribution < -0.4 is 10.2 Å². The van der Waals surface area contributed by atoms with Gasteiger partial charge in [-0.05, 0) is 17.9 Å². The molecule has 0 atom stereocenters. The van der Waals surface area contributed by atoms with E-state index >= 15 is 0 Å². The van der Waals surface area contributed by atoms with Gasteiger partial charge in [0.2, 0.25) is 0 Å². The highest BCUT2D eigenvalue weighted by Crippen LogP contribution is 2.19. The second-order valence-electron chi connectivity index (χ2n) is 5.37. The Balaban J connectivity index is 2.86. The lowest BCUT2D eigenvalue weighted by atomic mass is 10.1. The lowest BCUT2D eigenvalue weighted by molar-refractivity contribution is 0.552. The fourth-order valence-electron chi connectivity index (χ4n) is 1.90. The molecular weight excluding hydrogens is 210 g/mol. The molecule has 1 N–H and O–H groups in total. The highest BCUT2D eigenvalue weighted by atomic mass is 15.1. The first-order valence-corrected chi connectivity index (χ1v) is 6.40. The summed E-state index contributed by atoms with van der Waals surface area (Å²) in [5.41, 5.74) is 2.28. The number of hydrogen-bond acceptors (Lipinski definition) is 3. The molecule has 0 amide bonds. The maximum absolute atomic E-state index is 4.29. The van der Waals surface area contributed by atoms with E-state index in [2.05, 4.69) is 49.0 Å². The van der Waals surface area contributed by atoms with Crippen molar-refractivity contribution in [2.24, 2.45) is 11.8 Å². The van der Waals surface area contributed by atoms with Gasteiger partial charge in [0.15, 0.2) is 0 Å². The third-order valence-corrected chi connectivity index (χ3v) is 2.55. The molecule has 0 saturated heterocycles. The average Bonchev–Trinajstić information content (AvgIpc) is 2.27. The summed E-state index contributed by atoms with van der Waals surface area (Å²) in [5, 5.41) is 3.14. The van der Waals surface area contributed by atoms with Gasteiger partial charge in [0.05, 0.1) is 23.8 Å². The lowest BCUT2D eigenvalue weighted by Crippen LogP contribution is -2.31. The van der Waals surface area contributed by atoms with Gasteiger partial charge in [-0.1, -0.05) is 27.7 Å². The van der Waals surface area contributed by atoms with Crippen molar-refractivity contribution in [3.8, 4) is 0 Å². The molecular formula is C14H25N3. The van der Waals surface area contributed by atoms with Crippen LogP contribution in [0, 0.1) is 11.8 Å². The minimum Gasteiger partial charge on any atom is -0.387 e. The molecule has 0 unspecified atom stereocenters. The van der Waals surface area contributed by atoms with Crippen molar-refractivity contribution in [1.82, 2.24) is 4.98 Å². The van der Waals surface area contributed by atoms with Crippen LogP contribution in [0.3, 0.4) is 0 Å². The van der Waals surface area contributed by atoms with Gasteiger partial charge in [-0.15, -0.1) is 0 Å². The topological polar surface area (TPSA) is 28.2 Å². The van der Waals surface area contributed by atoms with Crippen molar-refractivity contribution >= 4 is 11.4 Å². The van der Waals surface area contributed by atoms with E-state index in [-0.39, 0.29) is 0 Å². The predicted molar refractivity (Wildman–Crippen MR) is 75.7 cm³/mol. The van der Waals surface area contributed by atoms with Gasteiger partial charge < -0.3 is 10.2 Å². The first-order chi connectivity index (χ1) is 8.02. The first kappa shape index (κ1) is 13.8. The minimum atomic E-state index is 0.659. The van der Waals surface area contributed by atoms with Crippen molar-refractivity contribution in [2.75, 3.05) is 30.4 Å². The normalized spacial score (nSPS) is 11.0. The SMILES string of the molecule is CNc1cncc(N(CC(C)C)CC(C)C)c1. The Labute approximate surface area is 105 Å². The molecule has 3 nitrogen and oxygen atoms in total. The van der Waals surface area contributed by atoms with Crippen LogP contribution in [0.25, 0.3) is 0 Å². The molecule has 0 bridgehead atoms. The van der Waals surface area contributed by atoms with Gasteiger partial charge in [0.25, 0.3) is 0 Å². The zero-order valence-electron chi connectivity index (χ0n) is 11.7. The van der Waals surface area contributed by atoms with Crippen LogP contribution in [0.4, 0.5) is 11.4 Å². The average molecular weight is 235 g/mol. The van der Waals surface area contributed by atoms with E-state index in [1.54, 1.807) is 0 Å². The maximum atomic E-state index is 4.29. The summed E-state index contributed by atoms with van der Waals surface area (Å²) in [5.74, 6) is 1.32. The number of pyridine rings is 1. The Bertz CT molecular complexity index is 324. The Morgan fingerprint density at radius 1 is 1.12 bits per heavy atom. The standard InChI is InChI=1S/C14H25N3/c1-11(2)9-17(10-12(3)4)14-6-13(15-5)7-16-8-14/h6-8,11-12,15H,9-10H2,1-5H3. The number of nitrogens with one attached hydrogen (secondary N) is 1. The Morgan fingerprint density at radius 3 is 2.18 bits per heavy atom. The quantitative estimate of drug-likeness (QED) is 0.820. The molecule has 17 heavy (non-hydrogen) atoms. The van der Waals surface area contributed by atoms with Crippen LogP contribution in [0.15, 0.2) is 18.5 Å². The van der Waals surface area contributed by atoms with Gasteiger partial charge in [-0.3, -0.25) is 4.98 Å². The molecule has 0 spiro atoms. The molecule has 0 fully saturated rings.